The Morgan fingerprint density at radius 3 is 2.64 bits per heavy atom. The molecule has 0 aliphatic heterocycles. The molecule has 1 unspecified atom stereocenters. The van der Waals surface area contributed by atoms with Crippen LogP contribution in [0, 0.1) is 0 Å². The molecule has 0 saturated heterocycles. The van der Waals surface area contributed by atoms with Gasteiger partial charge in [0.25, 0.3) is 0 Å². The highest BCUT2D eigenvalue weighted by atomic mass is 16.5. The predicted molar refractivity (Wildman–Crippen MR) is 111 cm³/mol. The van der Waals surface area contributed by atoms with Crippen molar-refractivity contribution in [3.63, 3.8) is 0 Å². The zero-order chi connectivity index (χ0) is 20.5. The average Bonchev–Trinajstić information content (AvgIpc) is 3.18. The largest absolute Gasteiger partial charge is 0.493 e. The van der Waals surface area contributed by atoms with Crippen LogP contribution in [-0.4, -0.2) is 77.5 Å². The van der Waals surface area contributed by atoms with E-state index >= 15 is 0 Å². The van der Waals surface area contributed by atoms with Crippen molar-refractivity contribution in [3.05, 3.63) is 42.5 Å². The number of methoxy groups -OCH3 is 1. The van der Waals surface area contributed by atoms with Gasteiger partial charge in [0.15, 0.2) is 11.5 Å². The first-order valence-electron chi connectivity index (χ1n) is 9.71. The Kier molecular flexibility index (Phi) is 8.76. The zero-order valence-corrected chi connectivity index (χ0v) is 17.7. The molecule has 0 saturated carbocycles. The lowest BCUT2D eigenvalue weighted by Gasteiger charge is -2.24. The van der Waals surface area contributed by atoms with Gasteiger partial charge in [0.1, 0.15) is 12.7 Å². The number of hydrogen-bond donors (Lipinski definition) is 1. The van der Waals surface area contributed by atoms with E-state index in [1.54, 1.807) is 13.3 Å². The first kappa shape index (κ1) is 22.2. The van der Waals surface area contributed by atoms with Crippen LogP contribution in [0.15, 0.2) is 36.9 Å². The molecule has 0 fully saturated rings. The summed E-state index contributed by atoms with van der Waals surface area (Å²) in [6.45, 7) is 7.64. The smallest absolute Gasteiger partial charge is 0.161 e. The summed E-state index contributed by atoms with van der Waals surface area (Å²) in [7, 11) is 5.72. The first-order chi connectivity index (χ1) is 13.4. The quantitative estimate of drug-likeness (QED) is 0.599. The second-order valence-corrected chi connectivity index (χ2v) is 7.52. The molecule has 0 aliphatic rings. The summed E-state index contributed by atoms with van der Waals surface area (Å²) >= 11 is 0. The minimum absolute atomic E-state index is 0.234. The molecule has 2 rings (SSSR count). The topological polar surface area (TPSA) is 63.0 Å². The summed E-state index contributed by atoms with van der Waals surface area (Å²) in [6.07, 6.45) is 5.04. The van der Waals surface area contributed by atoms with E-state index in [-0.39, 0.29) is 6.61 Å². The molecule has 28 heavy (non-hydrogen) atoms. The second-order valence-electron chi connectivity index (χ2n) is 7.52. The van der Waals surface area contributed by atoms with E-state index in [0.717, 1.165) is 25.2 Å². The van der Waals surface area contributed by atoms with Crippen molar-refractivity contribution in [2.24, 2.45) is 0 Å². The molecule has 1 N–H and O–H groups in total. The number of ether oxygens (including phenoxy) is 2. The number of aromatic nitrogens is 2. The summed E-state index contributed by atoms with van der Waals surface area (Å²) < 4.78 is 13.4. The first-order valence-corrected chi connectivity index (χ1v) is 9.71. The third-order valence-electron chi connectivity index (χ3n) is 4.79. The monoisotopic (exact) mass is 390 g/mol. The van der Waals surface area contributed by atoms with Gasteiger partial charge in [0.05, 0.1) is 13.4 Å². The van der Waals surface area contributed by atoms with Crippen molar-refractivity contribution in [2.45, 2.75) is 39.1 Å². The highest BCUT2D eigenvalue weighted by Crippen LogP contribution is 2.28. The number of rotatable bonds is 12. The van der Waals surface area contributed by atoms with Gasteiger partial charge in [-0.3, -0.25) is 0 Å². The number of imidazole rings is 1. The molecular formula is C21H34N4O3. The molecule has 0 spiro atoms. The van der Waals surface area contributed by atoms with E-state index in [0.29, 0.717) is 24.1 Å². The fourth-order valence-electron chi connectivity index (χ4n) is 2.81. The molecule has 0 aliphatic carbocycles. The lowest BCUT2D eigenvalue weighted by molar-refractivity contribution is 0.0668. The Balaban J connectivity index is 1.86. The van der Waals surface area contributed by atoms with Crippen molar-refractivity contribution < 1.29 is 14.6 Å². The number of aliphatic hydroxyl groups excluding tert-OH is 1. The Morgan fingerprint density at radius 2 is 2.00 bits per heavy atom. The van der Waals surface area contributed by atoms with Gasteiger partial charge in [0.2, 0.25) is 0 Å². The molecule has 0 amide bonds. The minimum Gasteiger partial charge on any atom is -0.493 e. The summed E-state index contributed by atoms with van der Waals surface area (Å²) in [5.41, 5.74) is 1.15. The van der Waals surface area contributed by atoms with E-state index in [1.165, 1.54) is 0 Å². The van der Waals surface area contributed by atoms with Gasteiger partial charge < -0.3 is 28.9 Å². The number of aliphatic hydroxyl groups is 1. The Labute approximate surface area is 168 Å². The van der Waals surface area contributed by atoms with Crippen LogP contribution < -0.4 is 9.47 Å². The Bertz CT molecular complexity index is 691. The van der Waals surface area contributed by atoms with Crippen LogP contribution in [-0.2, 0) is 13.1 Å². The van der Waals surface area contributed by atoms with Gasteiger partial charge in [-0.1, -0.05) is 6.07 Å². The summed E-state index contributed by atoms with van der Waals surface area (Å²) in [4.78, 5) is 8.41. The van der Waals surface area contributed by atoms with E-state index in [4.69, 9.17) is 9.47 Å². The fourth-order valence-corrected chi connectivity index (χ4v) is 2.81. The van der Waals surface area contributed by atoms with Crippen LogP contribution in [0.3, 0.4) is 0 Å². The molecule has 0 bridgehead atoms. The molecule has 1 heterocycles. The van der Waals surface area contributed by atoms with Crippen LogP contribution >= 0.6 is 0 Å². The number of nitrogens with zero attached hydrogens (tertiary/aromatic N) is 4. The van der Waals surface area contributed by atoms with Crippen molar-refractivity contribution in [1.82, 2.24) is 19.4 Å². The van der Waals surface area contributed by atoms with E-state index in [9.17, 15) is 5.11 Å². The van der Waals surface area contributed by atoms with E-state index in [1.807, 2.05) is 37.8 Å². The molecule has 1 atom stereocenters. The van der Waals surface area contributed by atoms with Crippen LogP contribution in [0.4, 0.5) is 0 Å². The SMILES string of the molecule is COc1cc(CN(C)CCn2ccnc2)ccc1OCC(O)CN(C)C(C)C. The summed E-state index contributed by atoms with van der Waals surface area (Å²) in [5, 5.41) is 10.2. The van der Waals surface area contributed by atoms with Gasteiger partial charge in [0, 0.05) is 44.6 Å². The van der Waals surface area contributed by atoms with E-state index < -0.39 is 6.10 Å². The fraction of sp³-hybridized carbons (Fsp3) is 0.571. The Hall–Kier alpha value is -2.09. The highest BCUT2D eigenvalue weighted by molar-refractivity contribution is 5.43. The van der Waals surface area contributed by atoms with Crippen LogP contribution in [0.5, 0.6) is 11.5 Å². The maximum atomic E-state index is 10.2. The normalized spacial score (nSPS) is 12.8. The maximum absolute atomic E-state index is 10.2. The highest BCUT2D eigenvalue weighted by Gasteiger charge is 2.13. The zero-order valence-electron chi connectivity index (χ0n) is 17.7. The Morgan fingerprint density at radius 1 is 1.21 bits per heavy atom. The molecule has 7 nitrogen and oxygen atoms in total. The van der Waals surface area contributed by atoms with Gasteiger partial charge in [-0.05, 0) is 45.6 Å². The van der Waals surface area contributed by atoms with Gasteiger partial charge >= 0.3 is 0 Å². The van der Waals surface area contributed by atoms with Crippen molar-refractivity contribution in [1.29, 1.82) is 0 Å². The van der Waals surface area contributed by atoms with Crippen LogP contribution in [0.25, 0.3) is 0 Å². The van der Waals surface area contributed by atoms with Crippen molar-refractivity contribution in [2.75, 3.05) is 40.9 Å². The van der Waals surface area contributed by atoms with Crippen LogP contribution in [0.2, 0.25) is 0 Å². The lowest BCUT2D eigenvalue weighted by atomic mass is 10.2. The molecule has 2 aromatic rings. The van der Waals surface area contributed by atoms with Crippen LogP contribution in [0.1, 0.15) is 19.4 Å². The maximum Gasteiger partial charge on any atom is 0.161 e. The molecule has 0 radical (unpaired) electrons. The minimum atomic E-state index is -0.550. The summed E-state index contributed by atoms with van der Waals surface area (Å²) in [6, 6.07) is 6.33. The van der Waals surface area contributed by atoms with Crippen molar-refractivity contribution in [3.8, 4) is 11.5 Å². The van der Waals surface area contributed by atoms with E-state index in [2.05, 4.69) is 40.2 Å². The molecular weight excluding hydrogens is 356 g/mol. The third kappa shape index (κ3) is 7.14. The number of likely N-dealkylation sites (N-methyl/N-ethyl adjacent to an activating group) is 2. The average molecular weight is 391 g/mol. The van der Waals surface area contributed by atoms with Gasteiger partial charge in [-0.2, -0.15) is 0 Å². The van der Waals surface area contributed by atoms with Gasteiger partial charge in [-0.25, -0.2) is 4.98 Å². The second kappa shape index (κ2) is 11.0. The molecule has 1 aromatic heterocycles. The third-order valence-corrected chi connectivity index (χ3v) is 4.79. The lowest BCUT2D eigenvalue weighted by Crippen LogP contribution is -2.36. The molecule has 1 aromatic carbocycles. The summed E-state index contributed by atoms with van der Waals surface area (Å²) in [5.74, 6) is 1.34. The number of hydrogen-bond acceptors (Lipinski definition) is 6. The number of benzene rings is 1. The molecule has 156 valence electrons. The molecule has 7 heteroatoms. The van der Waals surface area contributed by atoms with Gasteiger partial charge in [-0.15, -0.1) is 0 Å². The van der Waals surface area contributed by atoms with Crippen molar-refractivity contribution >= 4 is 0 Å². The standard InChI is InChI=1S/C21H34N4O3/c1-17(2)24(4)14-19(26)15-28-20-7-6-18(12-21(20)27-5)13-23(3)10-11-25-9-8-22-16-25/h6-9,12,16-17,19,26H,10-11,13-15H2,1-5H3. The predicted octanol–water partition coefficient (Wildman–Crippen LogP) is 2.10.